The molecular weight excluding hydrogens is 254 g/mol. The molecule has 20 heavy (non-hydrogen) atoms. The standard InChI is InChI=1S/C14H9N5O/c15-7-10-6-9(4-5-17-10)14(20)19-8-18-13-11(16)2-1-3-12(13)19/h1-6,8H,16H2. The minimum Gasteiger partial charge on any atom is -0.397 e. The molecule has 96 valence electrons. The van der Waals surface area contributed by atoms with Gasteiger partial charge in [0.2, 0.25) is 0 Å². The van der Waals surface area contributed by atoms with E-state index in [9.17, 15) is 4.79 Å². The Balaban J connectivity index is 2.13. The first-order valence-corrected chi connectivity index (χ1v) is 5.83. The van der Waals surface area contributed by atoms with Crippen LogP contribution in [0.15, 0.2) is 42.9 Å². The van der Waals surface area contributed by atoms with Crippen LogP contribution in [0.2, 0.25) is 0 Å². The van der Waals surface area contributed by atoms with Crippen molar-refractivity contribution in [2.45, 2.75) is 0 Å². The highest BCUT2D eigenvalue weighted by atomic mass is 16.2. The van der Waals surface area contributed by atoms with Crippen molar-refractivity contribution >= 4 is 22.6 Å². The van der Waals surface area contributed by atoms with Crippen molar-refractivity contribution in [1.29, 1.82) is 5.26 Å². The summed E-state index contributed by atoms with van der Waals surface area (Å²) in [5.41, 5.74) is 8.11. The lowest BCUT2D eigenvalue weighted by atomic mass is 10.2. The third-order valence-corrected chi connectivity index (χ3v) is 2.95. The Kier molecular flexibility index (Phi) is 2.66. The lowest BCUT2D eigenvalue weighted by Gasteiger charge is -2.03. The van der Waals surface area contributed by atoms with Crippen LogP contribution < -0.4 is 5.73 Å². The van der Waals surface area contributed by atoms with Crippen LogP contribution in [-0.4, -0.2) is 20.4 Å². The van der Waals surface area contributed by atoms with Crippen molar-refractivity contribution in [2.75, 3.05) is 5.73 Å². The van der Waals surface area contributed by atoms with E-state index in [1.165, 1.54) is 23.2 Å². The van der Waals surface area contributed by atoms with Crippen LogP contribution in [0.25, 0.3) is 11.0 Å². The summed E-state index contributed by atoms with van der Waals surface area (Å²) in [7, 11) is 0. The zero-order chi connectivity index (χ0) is 14.1. The summed E-state index contributed by atoms with van der Waals surface area (Å²) in [5.74, 6) is -0.281. The topological polar surface area (TPSA) is 97.6 Å². The largest absolute Gasteiger partial charge is 0.397 e. The normalized spacial score (nSPS) is 10.3. The fourth-order valence-corrected chi connectivity index (χ4v) is 1.99. The number of carbonyl (C=O) groups is 1. The van der Waals surface area contributed by atoms with Crippen LogP contribution in [0.4, 0.5) is 5.69 Å². The Morgan fingerprint density at radius 2 is 2.15 bits per heavy atom. The fourth-order valence-electron chi connectivity index (χ4n) is 1.99. The highest BCUT2D eigenvalue weighted by Gasteiger charge is 2.14. The molecule has 0 saturated heterocycles. The maximum atomic E-state index is 12.4. The summed E-state index contributed by atoms with van der Waals surface area (Å²) < 4.78 is 1.40. The van der Waals surface area contributed by atoms with Crippen LogP contribution in [0.5, 0.6) is 0 Å². The van der Waals surface area contributed by atoms with Gasteiger partial charge in [0.1, 0.15) is 23.6 Å². The Morgan fingerprint density at radius 1 is 1.30 bits per heavy atom. The highest BCUT2D eigenvalue weighted by molar-refractivity contribution is 6.02. The third kappa shape index (κ3) is 1.78. The summed E-state index contributed by atoms with van der Waals surface area (Å²) in [5, 5.41) is 8.82. The van der Waals surface area contributed by atoms with E-state index in [1.54, 1.807) is 24.3 Å². The van der Waals surface area contributed by atoms with E-state index >= 15 is 0 Å². The van der Waals surface area contributed by atoms with E-state index in [0.29, 0.717) is 22.3 Å². The van der Waals surface area contributed by atoms with Gasteiger partial charge in [-0.05, 0) is 24.3 Å². The van der Waals surface area contributed by atoms with Crippen LogP contribution in [0, 0.1) is 11.3 Å². The minimum absolute atomic E-state index is 0.194. The second-order valence-corrected chi connectivity index (χ2v) is 4.18. The molecular formula is C14H9N5O. The van der Waals surface area contributed by atoms with E-state index in [-0.39, 0.29) is 11.6 Å². The number of nitrogen functional groups attached to an aromatic ring is 1. The summed E-state index contributed by atoms with van der Waals surface area (Å²) in [6.45, 7) is 0. The van der Waals surface area contributed by atoms with Gasteiger partial charge >= 0.3 is 0 Å². The van der Waals surface area contributed by atoms with Gasteiger partial charge < -0.3 is 5.73 Å². The number of imidazole rings is 1. The van der Waals surface area contributed by atoms with Gasteiger partial charge in [0.15, 0.2) is 0 Å². The predicted molar refractivity (Wildman–Crippen MR) is 72.8 cm³/mol. The quantitative estimate of drug-likeness (QED) is 0.672. The van der Waals surface area contributed by atoms with Gasteiger partial charge in [-0.2, -0.15) is 5.26 Å². The van der Waals surface area contributed by atoms with Crippen molar-refractivity contribution in [3.05, 3.63) is 54.1 Å². The molecule has 2 heterocycles. The second kappa shape index (κ2) is 4.48. The van der Waals surface area contributed by atoms with Crippen molar-refractivity contribution in [2.24, 2.45) is 0 Å². The first-order chi connectivity index (χ1) is 9.70. The first kappa shape index (κ1) is 11.9. The monoisotopic (exact) mass is 263 g/mol. The van der Waals surface area contributed by atoms with E-state index in [1.807, 2.05) is 6.07 Å². The molecule has 3 rings (SSSR count). The molecule has 0 aliphatic rings. The van der Waals surface area contributed by atoms with Gasteiger partial charge in [-0.15, -0.1) is 0 Å². The number of anilines is 1. The lowest BCUT2D eigenvalue weighted by Crippen LogP contribution is -2.11. The van der Waals surface area contributed by atoms with Gasteiger partial charge in [0.05, 0.1) is 11.2 Å². The Morgan fingerprint density at radius 3 is 2.95 bits per heavy atom. The lowest BCUT2D eigenvalue weighted by molar-refractivity contribution is 0.0964. The summed E-state index contributed by atoms with van der Waals surface area (Å²) in [6.07, 6.45) is 2.86. The molecule has 0 unspecified atom stereocenters. The van der Waals surface area contributed by atoms with Gasteiger partial charge in [-0.3, -0.25) is 9.36 Å². The fraction of sp³-hybridized carbons (Fsp3) is 0. The van der Waals surface area contributed by atoms with Gasteiger partial charge in [0, 0.05) is 11.8 Å². The van der Waals surface area contributed by atoms with Crippen LogP contribution in [-0.2, 0) is 0 Å². The van der Waals surface area contributed by atoms with E-state index in [2.05, 4.69) is 9.97 Å². The average molecular weight is 263 g/mol. The van der Waals surface area contributed by atoms with Gasteiger partial charge in [-0.25, -0.2) is 9.97 Å². The molecule has 0 amide bonds. The molecule has 2 N–H and O–H groups in total. The highest BCUT2D eigenvalue weighted by Crippen LogP contribution is 2.20. The number of carbonyl (C=O) groups excluding carboxylic acids is 1. The van der Waals surface area contributed by atoms with Crippen molar-refractivity contribution in [3.8, 4) is 6.07 Å². The maximum absolute atomic E-state index is 12.4. The maximum Gasteiger partial charge on any atom is 0.263 e. The molecule has 3 aromatic rings. The minimum atomic E-state index is -0.281. The smallest absolute Gasteiger partial charge is 0.263 e. The number of pyridine rings is 1. The molecule has 6 heteroatoms. The molecule has 6 nitrogen and oxygen atoms in total. The van der Waals surface area contributed by atoms with E-state index < -0.39 is 0 Å². The van der Waals surface area contributed by atoms with Gasteiger partial charge in [-0.1, -0.05) is 6.07 Å². The third-order valence-electron chi connectivity index (χ3n) is 2.95. The number of hydrogen-bond donors (Lipinski definition) is 1. The number of aromatic nitrogens is 3. The molecule has 0 saturated carbocycles. The molecule has 0 fully saturated rings. The summed E-state index contributed by atoms with van der Waals surface area (Å²) >= 11 is 0. The molecule has 1 aromatic carbocycles. The van der Waals surface area contributed by atoms with Crippen LogP contribution in [0.3, 0.4) is 0 Å². The van der Waals surface area contributed by atoms with E-state index in [0.717, 1.165) is 0 Å². The zero-order valence-electron chi connectivity index (χ0n) is 10.3. The van der Waals surface area contributed by atoms with Crippen molar-refractivity contribution in [1.82, 2.24) is 14.5 Å². The molecule has 0 aliphatic heterocycles. The average Bonchev–Trinajstić information content (AvgIpc) is 2.92. The summed E-state index contributed by atoms with van der Waals surface area (Å²) in [6, 6.07) is 10.2. The Hall–Kier alpha value is -3.20. The van der Waals surface area contributed by atoms with Crippen LogP contribution >= 0.6 is 0 Å². The number of hydrogen-bond acceptors (Lipinski definition) is 5. The van der Waals surface area contributed by atoms with Gasteiger partial charge in [0.25, 0.3) is 5.91 Å². The number of nitriles is 1. The van der Waals surface area contributed by atoms with Crippen molar-refractivity contribution in [3.63, 3.8) is 0 Å². The number of nitrogens with two attached hydrogens (primary N) is 1. The summed E-state index contributed by atoms with van der Waals surface area (Å²) in [4.78, 5) is 20.4. The Labute approximate surface area is 114 Å². The van der Waals surface area contributed by atoms with Crippen LogP contribution in [0.1, 0.15) is 16.1 Å². The molecule has 0 spiro atoms. The zero-order valence-corrected chi connectivity index (χ0v) is 10.3. The molecule has 0 radical (unpaired) electrons. The molecule has 2 aromatic heterocycles. The predicted octanol–water partition coefficient (Wildman–Crippen LogP) is 1.57. The number of benzene rings is 1. The number of para-hydroxylation sites is 1. The first-order valence-electron chi connectivity index (χ1n) is 5.83. The number of rotatable bonds is 1. The molecule has 0 atom stereocenters. The Bertz CT molecular complexity index is 859. The molecule has 0 aliphatic carbocycles. The van der Waals surface area contributed by atoms with Crippen molar-refractivity contribution < 1.29 is 4.79 Å². The second-order valence-electron chi connectivity index (χ2n) is 4.18. The molecule has 0 bridgehead atoms. The SMILES string of the molecule is N#Cc1cc(C(=O)n2cnc3c(N)cccc32)ccn1. The number of nitrogens with zero attached hydrogens (tertiary/aromatic N) is 4. The number of fused-ring (bicyclic) bond motifs is 1. The van der Waals surface area contributed by atoms with E-state index in [4.69, 9.17) is 11.0 Å².